The first-order valence-electron chi connectivity index (χ1n) is 6.87. The Morgan fingerprint density at radius 2 is 1.94 bits per heavy atom. The zero-order valence-corrected chi connectivity index (χ0v) is 12.5. The molecule has 2 nitrogen and oxygen atoms in total. The molecule has 1 aromatic rings. The topological polar surface area (TPSA) is 21.3 Å². The van der Waals surface area contributed by atoms with Crippen LogP contribution in [-0.4, -0.2) is 20.2 Å². The summed E-state index contributed by atoms with van der Waals surface area (Å²) in [7, 11) is 1.72. The molecule has 0 spiro atoms. The van der Waals surface area contributed by atoms with Crippen molar-refractivity contribution in [3.05, 3.63) is 29.3 Å². The highest BCUT2D eigenvalue weighted by atomic mass is 16.5. The Morgan fingerprint density at radius 1 is 1.22 bits per heavy atom. The Morgan fingerprint density at radius 3 is 2.50 bits per heavy atom. The smallest absolute Gasteiger partial charge is 0.121 e. The predicted molar refractivity (Wildman–Crippen MR) is 78.5 cm³/mol. The van der Waals surface area contributed by atoms with E-state index in [0.29, 0.717) is 0 Å². The highest BCUT2D eigenvalue weighted by Gasteiger charge is 2.20. The van der Waals surface area contributed by atoms with E-state index in [1.807, 2.05) is 0 Å². The van der Waals surface area contributed by atoms with Gasteiger partial charge in [0.15, 0.2) is 0 Å². The lowest BCUT2D eigenvalue weighted by molar-refractivity contribution is 0.409. The first-order chi connectivity index (χ1) is 8.51. The fourth-order valence-electron chi connectivity index (χ4n) is 2.15. The molecule has 0 aromatic heterocycles. The van der Waals surface area contributed by atoms with Gasteiger partial charge in [0.2, 0.25) is 0 Å². The van der Waals surface area contributed by atoms with Crippen molar-refractivity contribution in [2.75, 3.05) is 20.2 Å². The van der Waals surface area contributed by atoms with E-state index in [0.717, 1.165) is 25.3 Å². The number of ether oxygens (including phenoxy) is 1. The Labute approximate surface area is 112 Å². The molecule has 0 amide bonds. The van der Waals surface area contributed by atoms with Gasteiger partial charge in [-0.15, -0.1) is 0 Å². The average molecular weight is 249 g/mol. The third kappa shape index (κ3) is 4.02. The molecule has 0 aliphatic heterocycles. The van der Waals surface area contributed by atoms with E-state index in [2.05, 4.69) is 51.2 Å². The second-order valence-electron chi connectivity index (χ2n) is 5.57. The van der Waals surface area contributed by atoms with Crippen molar-refractivity contribution in [1.29, 1.82) is 0 Å². The van der Waals surface area contributed by atoms with E-state index in [4.69, 9.17) is 4.74 Å². The minimum absolute atomic E-state index is 0.206. The Kier molecular flexibility index (Phi) is 5.67. The number of rotatable bonds is 7. The quantitative estimate of drug-likeness (QED) is 0.744. The van der Waals surface area contributed by atoms with Crippen molar-refractivity contribution in [2.24, 2.45) is 0 Å². The molecule has 2 heteroatoms. The summed E-state index contributed by atoms with van der Waals surface area (Å²) < 4.78 is 5.31. The average Bonchev–Trinajstić information content (AvgIpc) is 2.34. The largest absolute Gasteiger partial charge is 0.496 e. The van der Waals surface area contributed by atoms with Crippen LogP contribution in [0.25, 0.3) is 0 Å². The SMILES string of the molecule is CCCNCCC(C)(C)c1ccc(OC)c(C)c1. The normalized spacial score (nSPS) is 11.6. The molecule has 0 radical (unpaired) electrons. The van der Waals surface area contributed by atoms with Crippen LogP contribution in [-0.2, 0) is 5.41 Å². The molecule has 0 heterocycles. The standard InChI is InChI=1S/C16H27NO/c1-6-10-17-11-9-16(3,4)14-7-8-15(18-5)13(2)12-14/h7-8,12,17H,6,9-11H2,1-5H3. The number of hydrogen-bond acceptors (Lipinski definition) is 2. The summed E-state index contributed by atoms with van der Waals surface area (Å²) in [4.78, 5) is 0. The molecule has 102 valence electrons. The monoisotopic (exact) mass is 249 g/mol. The van der Waals surface area contributed by atoms with E-state index in [1.165, 1.54) is 17.5 Å². The van der Waals surface area contributed by atoms with Gasteiger partial charge < -0.3 is 10.1 Å². The fourth-order valence-corrected chi connectivity index (χ4v) is 2.15. The van der Waals surface area contributed by atoms with Gasteiger partial charge in [-0.25, -0.2) is 0 Å². The maximum atomic E-state index is 5.31. The summed E-state index contributed by atoms with van der Waals surface area (Å²) in [6.07, 6.45) is 2.35. The van der Waals surface area contributed by atoms with Gasteiger partial charge in [0.05, 0.1) is 7.11 Å². The maximum Gasteiger partial charge on any atom is 0.121 e. The van der Waals surface area contributed by atoms with Crippen LogP contribution < -0.4 is 10.1 Å². The summed E-state index contributed by atoms with van der Waals surface area (Å²) in [6, 6.07) is 6.51. The number of benzene rings is 1. The summed E-state index contributed by atoms with van der Waals surface area (Å²) in [5.74, 6) is 0.971. The molecule has 18 heavy (non-hydrogen) atoms. The van der Waals surface area contributed by atoms with Gasteiger partial charge in [-0.2, -0.15) is 0 Å². The van der Waals surface area contributed by atoms with Crippen molar-refractivity contribution in [3.8, 4) is 5.75 Å². The molecule has 1 rings (SSSR count). The molecule has 0 saturated carbocycles. The van der Waals surface area contributed by atoms with E-state index >= 15 is 0 Å². The van der Waals surface area contributed by atoms with Crippen molar-refractivity contribution in [3.63, 3.8) is 0 Å². The highest BCUT2D eigenvalue weighted by molar-refractivity contribution is 5.38. The molecule has 0 aliphatic carbocycles. The maximum absolute atomic E-state index is 5.31. The first-order valence-corrected chi connectivity index (χ1v) is 6.87. The molecular formula is C16H27NO. The van der Waals surface area contributed by atoms with Gasteiger partial charge in [-0.1, -0.05) is 32.9 Å². The molecule has 0 bridgehead atoms. The summed E-state index contributed by atoms with van der Waals surface area (Å²) in [5, 5.41) is 3.47. The fraction of sp³-hybridized carbons (Fsp3) is 0.625. The summed E-state index contributed by atoms with van der Waals surface area (Å²) >= 11 is 0. The third-order valence-corrected chi connectivity index (χ3v) is 3.53. The molecule has 0 saturated heterocycles. The number of methoxy groups -OCH3 is 1. The molecule has 0 atom stereocenters. The molecule has 0 aliphatic rings. The van der Waals surface area contributed by atoms with Crippen LogP contribution in [0, 0.1) is 6.92 Å². The predicted octanol–water partition coefficient (Wildman–Crippen LogP) is 3.67. The molecule has 0 fully saturated rings. The Bertz CT molecular complexity index is 371. The van der Waals surface area contributed by atoms with Crippen LogP contribution in [0.3, 0.4) is 0 Å². The van der Waals surface area contributed by atoms with Crippen LogP contribution in [0.4, 0.5) is 0 Å². The van der Waals surface area contributed by atoms with E-state index in [1.54, 1.807) is 7.11 Å². The zero-order valence-electron chi connectivity index (χ0n) is 12.5. The molecule has 1 N–H and O–H groups in total. The molecule has 1 aromatic carbocycles. The molecular weight excluding hydrogens is 222 g/mol. The number of nitrogens with one attached hydrogen (secondary N) is 1. The van der Waals surface area contributed by atoms with Gasteiger partial charge >= 0.3 is 0 Å². The van der Waals surface area contributed by atoms with Crippen molar-refractivity contribution < 1.29 is 4.74 Å². The van der Waals surface area contributed by atoms with Gasteiger partial charge in [-0.05, 0) is 55.5 Å². The van der Waals surface area contributed by atoms with E-state index in [9.17, 15) is 0 Å². The van der Waals surface area contributed by atoms with Crippen LogP contribution >= 0.6 is 0 Å². The van der Waals surface area contributed by atoms with Crippen molar-refractivity contribution in [1.82, 2.24) is 5.32 Å². The summed E-state index contributed by atoms with van der Waals surface area (Å²) in [5.41, 5.74) is 2.81. The van der Waals surface area contributed by atoms with Gasteiger partial charge in [0.1, 0.15) is 5.75 Å². The number of hydrogen-bond donors (Lipinski definition) is 1. The van der Waals surface area contributed by atoms with Gasteiger partial charge in [-0.3, -0.25) is 0 Å². The first kappa shape index (κ1) is 15.0. The van der Waals surface area contributed by atoms with Crippen LogP contribution in [0.1, 0.15) is 44.7 Å². The second kappa shape index (κ2) is 6.79. The lowest BCUT2D eigenvalue weighted by atomic mass is 9.81. The van der Waals surface area contributed by atoms with Crippen LogP contribution in [0.15, 0.2) is 18.2 Å². The third-order valence-electron chi connectivity index (χ3n) is 3.53. The minimum atomic E-state index is 0.206. The Balaban J connectivity index is 2.69. The summed E-state index contributed by atoms with van der Waals surface area (Å²) in [6.45, 7) is 11.1. The Hall–Kier alpha value is -1.02. The second-order valence-corrected chi connectivity index (χ2v) is 5.57. The zero-order chi connectivity index (χ0) is 13.6. The lowest BCUT2D eigenvalue weighted by Gasteiger charge is -2.26. The molecule has 0 unspecified atom stereocenters. The van der Waals surface area contributed by atoms with Gasteiger partial charge in [0, 0.05) is 0 Å². The van der Waals surface area contributed by atoms with Crippen LogP contribution in [0.5, 0.6) is 5.75 Å². The number of aryl methyl sites for hydroxylation is 1. The van der Waals surface area contributed by atoms with Crippen molar-refractivity contribution in [2.45, 2.75) is 46.0 Å². The van der Waals surface area contributed by atoms with Gasteiger partial charge in [0.25, 0.3) is 0 Å². The van der Waals surface area contributed by atoms with E-state index < -0.39 is 0 Å². The minimum Gasteiger partial charge on any atom is -0.496 e. The lowest BCUT2D eigenvalue weighted by Crippen LogP contribution is -2.26. The van der Waals surface area contributed by atoms with E-state index in [-0.39, 0.29) is 5.41 Å². The van der Waals surface area contributed by atoms with Crippen molar-refractivity contribution >= 4 is 0 Å². The van der Waals surface area contributed by atoms with Crippen LogP contribution in [0.2, 0.25) is 0 Å². The highest BCUT2D eigenvalue weighted by Crippen LogP contribution is 2.30.